The molecular formula is C11H12N4OS. The molecule has 0 saturated carbocycles. The van der Waals surface area contributed by atoms with Crippen molar-refractivity contribution in [2.45, 2.75) is 25.7 Å². The van der Waals surface area contributed by atoms with Gasteiger partial charge in [0.05, 0.1) is 0 Å². The number of rotatable bonds is 2. The lowest BCUT2D eigenvalue weighted by atomic mass is 9.96. The molecule has 1 aliphatic carbocycles. The van der Waals surface area contributed by atoms with E-state index in [4.69, 9.17) is 0 Å². The van der Waals surface area contributed by atoms with E-state index in [1.165, 1.54) is 17.8 Å². The lowest BCUT2D eigenvalue weighted by Crippen LogP contribution is -2.15. The van der Waals surface area contributed by atoms with Crippen LogP contribution in [0, 0.1) is 0 Å². The number of carbonyl (C=O) groups is 1. The molecule has 88 valence electrons. The van der Waals surface area contributed by atoms with Gasteiger partial charge in [0.15, 0.2) is 10.8 Å². The molecule has 0 atom stereocenters. The highest BCUT2D eigenvalue weighted by atomic mass is 32.1. The number of aromatic amines is 1. The van der Waals surface area contributed by atoms with Crippen molar-refractivity contribution in [1.82, 2.24) is 15.2 Å². The Bertz CT molecular complexity index is 532. The maximum Gasteiger partial charge on any atom is 0.278 e. The summed E-state index contributed by atoms with van der Waals surface area (Å²) in [7, 11) is 0. The van der Waals surface area contributed by atoms with Crippen molar-refractivity contribution in [3.63, 3.8) is 0 Å². The molecule has 5 nitrogen and oxygen atoms in total. The van der Waals surface area contributed by atoms with Crippen molar-refractivity contribution in [2.75, 3.05) is 5.32 Å². The van der Waals surface area contributed by atoms with E-state index in [9.17, 15) is 4.79 Å². The third-order valence-corrected chi connectivity index (χ3v) is 3.61. The molecule has 0 aliphatic heterocycles. The van der Waals surface area contributed by atoms with Crippen LogP contribution in [0.25, 0.3) is 0 Å². The molecule has 1 aliphatic rings. The molecule has 0 unspecified atom stereocenters. The third kappa shape index (κ3) is 1.95. The Morgan fingerprint density at radius 1 is 1.41 bits per heavy atom. The Labute approximate surface area is 102 Å². The summed E-state index contributed by atoms with van der Waals surface area (Å²) in [4.78, 5) is 16.0. The van der Waals surface area contributed by atoms with Gasteiger partial charge in [0, 0.05) is 22.8 Å². The molecule has 0 aromatic carbocycles. The van der Waals surface area contributed by atoms with E-state index in [2.05, 4.69) is 20.5 Å². The van der Waals surface area contributed by atoms with Gasteiger partial charge in [-0.2, -0.15) is 5.10 Å². The van der Waals surface area contributed by atoms with Gasteiger partial charge in [-0.1, -0.05) is 0 Å². The number of aromatic nitrogens is 3. The molecule has 0 fully saturated rings. The van der Waals surface area contributed by atoms with E-state index >= 15 is 0 Å². The van der Waals surface area contributed by atoms with Gasteiger partial charge in [0.25, 0.3) is 5.91 Å². The number of fused-ring (bicyclic) bond motifs is 1. The van der Waals surface area contributed by atoms with Crippen LogP contribution >= 0.6 is 11.3 Å². The molecule has 2 aromatic heterocycles. The number of amides is 1. The number of hydrogen-bond donors (Lipinski definition) is 2. The average Bonchev–Trinajstić information content (AvgIpc) is 2.96. The first-order valence-electron chi connectivity index (χ1n) is 5.61. The second kappa shape index (κ2) is 4.29. The molecule has 2 N–H and O–H groups in total. The van der Waals surface area contributed by atoms with Gasteiger partial charge >= 0.3 is 0 Å². The van der Waals surface area contributed by atoms with Gasteiger partial charge in [-0.3, -0.25) is 15.2 Å². The molecule has 2 aromatic rings. The van der Waals surface area contributed by atoms with Gasteiger partial charge in [0.1, 0.15) is 0 Å². The summed E-state index contributed by atoms with van der Waals surface area (Å²) in [5.74, 6) is -0.167. The van der Waals surface area contributed by atoms with Crippen LogP contribution in [0.2, 0.25) is 0 Å². The van der Waals surface area contributed by atoms with E-state index in [-0.39, 0.29) is 5.91 Å². The maximum absolute atomic E-state index is 12.0. The van der Waals surface area contributed by atoms with Crippen LogP contribution in [0.1, 0.15) is 34.6 Å². The first kappa shape index (κ1) is 10.5. The highest BCUT2D eigenvalue weighted by Crippen LogP contribution is 2.23. The predicted octanol–water partition coefficient (Wildman–Crippen LogP) is 2.00. The number of H-pyrrole nitrogens is 1. The second-order valence-electron chi connectivity index (χ2n) is 4.03. The number of carbonyl (C=O) groups excluding carboxylic acids is 1. The zero-order valence-corrected chi connectivity index (χ0v) is 10.0. The fraction of sp³-hybridized carbons (Fsp3) is 0.364. The minimum Gasteiger partial charge on any atom is -0.296 e. The van der Waals surface area contributed by atoms with Crippen LogP contribution < -0.4 is 5.32 Å². The highest BCUT2D eigenvalue weighted by molar-refractivity contribution is 7.13. The van der Waals surface area contributed by atoms with Gasteiger partial charge < -0.3 is 0 Å². The fourth-order valence-corrected chi connectivity index (χ4v) is 2.63. The summed E-state index contributed by atoms with van der Waals surface area (Å²) in [6.07, 6.45) is 5.90. The summed E-state index contributed by atoms with van der Waals surface area (Å²) in [6.45, 7) is 0. The zero-order chi connectivity index (χ0) is 11.7. The molecule has 0 radical (unpaired) electrons. The fourth-order valence-electron chi connectivity index (χ4n) is 2.11. The van der Waals surface area contributed by atoms with Crippen molar-refractivity contribution in [2.24, 2.45) is 0 Å². The lowest BCUT2D eigenvalue weighted by Gasteiger charge is -2.10. The maximum atomic E-state index is 12.0. The van der Waals surface area contributed by atoms with E-state index in [0.29, 0.717) is 10.8 Å². The number of aryl methyl sites for hydroxylation is 1. The van der Waals surface area contributed by atoms with Crippen LogP contribution in [-0.4, -0.2) is 21.1 Å². The van der Waals surface area contributed by atoms with E-state index in [1.54, 1.807) is 6.20 Å². The topological polar surface area (TPSA) is 70.7 Å². The Balaban J connectivity index is 1.84. The Kier molecular flexibility index (Phi) is 2.64. The lowest BCUT2D eigenvalue weighted by molar-refractivity contribution is 0.102. The van der Waals surface area contributed by atoms with Crippen molar-refractivity contribution in [3.05, 3.63) is 28.5 Å². The Hall–Kier alpha value is -1.69. The van der Waals surface area contributed by atoms with E-state index < -0.39 is 0 Å². The SMILES string of the molecule is O=C(Nc1nccs1)c1n[nH]c2c1CCCC2. The predicted molar refractivity (Wildman–Crippen MR) is 65.3 cm³/mol. The Morgan fingerprint density at radius 2 is 2.29 bits per heavy atom. The van der Waals surface area contributed by atoms with Crippen molar-refractivity contribution in [1.29, 1.82) is 0 Å². The number of anilines is 1. The first-order valence-corrected chi connectivity index (χ1v) is 6.49. The van der Waals surface area contributed by atoms with E-state index in [0.717, 1.165) is 30.5 Å². The minimum absolute atomic E-state index is 0.167. The molecule has 17 heavy (non-hydrogen) atoms. The van der Waals surface area contributed by atoms with Crippen LogP contribution in [0.3, 0.4) is 0 Å². The molecule has 1 amide bonds. The van der Waals surface area contributed by atoms with Crippen LogP contribution in [-0.2, 0) is 12.8 Å². The molecular weight excluding hydrogens is 236 g/mol. The molecule has 2 heterocycles. The number of thiazole rings is 1. The Morgan fingerprint density at radius 3 is 3.12 bits per heavy atom. The quantitative estimate of drug-likeness (QED) is 0.854. The van der Waals surface area contributed by atoms with Crippen molar-refractivity contribution in [3.8, 4) is 0 Å². The summed E-state index contributed by atoms with van der Waals surface area (Å²) >= 11 is 1.40. The van der Waals surface area contributed by atoms with Crippen molar-refractivity contribution >= 4 is 22.4 Å². The normalized spacial score (nSPS) is 14.4. The summed E-state index contributed by atoms with van der Waals surface area (Å²) in [5, 5.41) is 12.3. The first-order chi connectivity index (χ1) is 8.34. The standard InChI is InChI=1S/C11H12N4OS/c16-10(13-11-12-5-6-17-11)9-7-3-1-2-4-8(7)14-15-9/h5-6H,1-4H2,(H,14,15)(H,12,13,16). The van der Waals surface area contributed by atoms with Gasteiger partial charge in [-0.25, -0.2) is 4.98 Å². The second-order valence-corrected chi connectivity index (χ2v) is 4.92. The van der Waals surface area contributed by atoms with Crippen LogP contribution in [0.4, 0.5) is 5.13 Å². The molecule has 0 saturated heterocycles. The van der Waals surface area contributed by atoms with Crippen LogP contribution in [0.15, 0.2) is 11.6 Å². The summed E-state index contributed by atoms with van der Waals surface area (Å²) in [6, 6.07) is 0. The number of nitrogens with one attached hydrogen (secondary N) is 2. The third-order valence-electron chi connectivity index (χ3n) is 2.92. The molecule has 0 spiro atoms. The van der Waals surface area contributed by atoms with E-state index in [1.807, 2.05) is 5.38 Å². The summed E-state index contributed by atoms with van der Waals surface area (Å²) in [5.41, 5.74) is 2.71. The summed E-state index contributed by atoms with van der Waals surface area (Å²) < 4.78 is 0. The van der Waals surface area contributed by atoms with Gasteiger partial charge in [-0.05, 0) is 25.7 Å². The molecule has 3 rings (SSSR count). The number of nitrogens with zero attached hydrogens (tertiary/aromatic N) is 2. The zero-order valence-electron chi connectivity index (χ0n) is 9.19. The monoisotopic (exact) mass is 248 g/mol. The average molecular weight is 248 g/mol. The van der Waals surface area contributed by atoms with Gasteiger partial charge in [-0.15, -0.1) is 11.3 Å². The molecule has 0 bridgehead atoms. The smallest absolute Gasteiger partial charge is 0.278 e. The highest BCUT2D eigenvalue weighted by Gasteiger charge is 2.21. The largest absolute Gasteiger partial charge is 0.296 e. The van der Waals surface area contributed by atoms with Gasteiger partial charge in [0.2, 0.25) is 0 Å². The number of hydrogen-bond acceptors (Lipinski definition) is 4. The van der Waals surface area contributed by atoms with Crippen LogP contribution in [0.5, 0.6) is 0 Å². The van der Waals surface area contributed by atoms with Crippen molar-refractivity contribution < 1.29 is 4.79 Å². The minimum atomic E-state index is -0.167. The molecule has 6 heteroatoms.